The van der Waals surface area contributed by atoms with Gasteiger partial charge in [-0.1, -0.05) is 11.6 Å². The monoisotopic (exact) mass is 210 g/mol. The fourth-order valence-electron chi connectivity index (χ4n) is 0.831. The molecule has 12 heavy (non-hydrogen) atoms. The van der Waals surface area contributed by atoms with Crippen LogP contribution in [-0.4, -0.2) is 4.98 Å². The van der Waals surface area contributed by atoms with E-state index in [0.29, 0.717) is 5.02 Å². The third-order valence-corrected chi connectivity index (χ3v) is 1.67. The lowest BCUT2D eigenvalue weighted by Gasteiger charge is -2.07. The van der Waals surface area contributed by atoms with Crippen molar-refractivity contribution in [3.8, 4) is 0 Å². The molecule has 1 aromatic rings. The average molecular weight is 211 g/mol. The number of hydrogen-bond donors (Lipinski definition) is 1. The van der Waals surface area contributed by atoms with Crippen molar-refractivity contribution < 1.29 is 4.39 Å². The fourth-order valence-corrected chi connectivity index (χ4v) is 1.14. The number of pyridine rings is 1. The van der Waals surface area contributed by atoms with Crippen LogP contribution in [0.3, 0.4) is 0 Å². The summed E-state index contributed by atoms with van der Waals surface area (Å²) in [5, 5.41) is 0.326. The molecule has 0 saturated carbocycles. The molecule has 2 nitrogen and oxygen atoms in total. The molecule has 68 valence electrons. The Labute approximate surface area is 81.3 Å². The Hall–Kier alpha value is -0.380. The van der Waals surface area contributed by atoms with E-state index in [1.54, 1.807) is 6.92 Å². The lowest BCUT2D eigenvalue weighted by molar-refractivity contribution is 0.553. The summed E-state index contributed by atoms with van der Waals surface area (Å²) < 4.78 is 12.8. The van der Waals surface area contributed by atoms with Crippen molar-refractivity contribution in [2.75, 3.05) is 0 Å². The van der Waals surface area contributed by atoms with Crippen LogP contribution in [0.1, 0.15) is 18.5 Å². The molecule has 2 N–H and O–H groups in total. The van der Waals surface area contributed by atoms with Crippen LogP contribution >= 0.6 is 24.0 Å². The highest BCUT2D eigenvalue weighted by Crippen LogP contribution is 2.21. The summed E-state index contributed by atoms with van der Waals surface area (Å²) in [4.78, 5) is 3.43. The minimum absolute atomic E-state index is 0. The number of nitrogens with zero attached hydrogens (tertiary/aromatic N) is 1. The normalized spacial score (nSPS) is 12.0. The summed E-state index contributed by atoms with van der Waals surface area (Å²) in [6, 6.07) is 1.10. The molecule has 0 bridgehead atoms. The second kappa shape index (κ2) is 4.60. The highest BCUT2D eigenvalue weighted by Gasteiger charge is 2.11. The van der Waals surface area contributed by atoms with Gasteiger partial charge in [0.2, 0.25) is 5.95 Å². The van der Waals surface area contributed by atoms with E-state index in [1.165, 1.54) is 12.3 Å². The van der Waals surface area contributed by atoms with Crippen molar-refractivity contribution >= 4 is 24.0 Å². The SMILES string of the molecule is CC(N)c1c(Cl)ccnc1F.Cl. The molecule has 1 atom stereocenters. The van der Waals surface area contributed by atoms with Crippen molar-refractivity contribution in [3.05, 3.63) is 28.8 Å². The van der Waals surface area contributed by atoms with E-state index in [9.17, 15) is 4.39 Å². The van der Waals surface area contributed by atoms with Crippen LogP contribution in [0.25, 0.3) is 0 Å². The van der Waals surface area contributed by atoms with Crippen LogP contribution in [0.4, 0.5) is 4.39 Å². The standard InChI is InChI=1S/C7H8ClFN2.ClH/c1-4(10)6-5(8)2-3-11-7(6)9;/h2-4H,10H2,1H3;1H. The first-order chi connectivity index (χ1) is 5.13. The number of nitrogens with two attached hydrogens (primary N) is 1. The number of hydrogen-bond acceptors (Lipinski definition) is 2. The lowest BCUT2D eigenvalue weighted by Crippen LogP contribution is -2.09. The highest BCUT2D eigenvalue weighted by molar-refractivity contribution is 6.31. The summed E-state index contributed by atoms with van der Waals surface area (Å²) in [5.41, 5.74) is 5.72. The Morgan fingerprint density at radius 3 is 2.58 bits per heavy atom. The Morgan fingerprint density at radius 1 is 1.67 bits per heavy atom. The molecule has 0 fully saturated rings. The first kappa shape index (κ1) is 11.6. The predicted molar refractivity (Wildman–Crippen MR) is 49.1 cm³/mol. The van der Waals surface area contributed by atoms with E-state index in [1.807, 2.05) is 0 Å². The summed E-state index contributed by atoms with van der Waals surface area (Å²) in [7, 11) is 0. The molecular weight excluding hydrogens is 202 g/mol. The Morgan fingerprint density at radius 2 is 2.25 bits per heavy atom. The van der Waals surface area contributed by atoms with Gasteiger partial charge in [0, 0.05) is 17.8 Å². The van der Waals surface area contributed by atoms with E-state index in [4.69, 9.17) is 17.3 Å². The van der Waals surface area contributed by atoms with Gasteiger partial charge in [-0.3, -0.25) is 0 Å². The van der Waals surface area contributed by atoms with Crippen molar-refractivity contribution in [2.45, 2.75) is 13.0 Å². The van der Waals surface area contributed by atoms with Gasteiger partial charge in [-0.25, -0.2) is 4.98 Å². The molecule has 5 heteroatoms. The number of aromatic nitrogens is 1. The summed E-state index contributed by atoms with van der Waals surface area (Å²) >= 11 is 5.66. The quantitative estimate of drug-likeness (QED) is 0.724. The van der Waals surface area contributed by atoms with E-state index < -0.39 is 12.0 Å². The van der Waals surface area contributed by atoms with Crippen molar-refractivity contribution in [1.82, 2.24) is 4.98 Å². The molecule has 1 rings (SSSR count). The molecule has 0 amide bonds. The first-order valence-electron chi connectivity index (χ1n) is 3.18. The molecule has 0 aliphatic carbocycles. The Balaban J connectivity index is 0.00000121. The third-order valence-electron chi connectivity index (χ3n) is 1.34. The number of halogens is 3. The maximum absolute atomic E-state index is 12.8. The lowest BCUT2D eigenvalue weighted by atomic mass is 10.1. The van der Waals surface area contributed by atoms with Crippen LogP contribution in [0.15, 0.2) is 12.3 Å². The van der Waals surface area contributed by atoms with Crippen molar-refractivity contribution in [1.29, 1.82) is 0 Å². The summed E-state index contributed by atoms with van der Waals surface area (Å²) in [5.74, 6) is -0.590. The molecule has 0 saturated heterocycles. The smallest absolute Gasteiger partial charge is 0.219 e. The summed E-state index contributed by atoms with van der Waals surface area (Å²) in [6.45, 7) is 1.66. The topological polar surface area (TPSA) is 38.9 Å². The van der Waals surface area contributed by atoms with Crippen molar-refractivity contribution in [2.24, 2.45) is 5.73 Å². The second-order valence-electron chi connectivity index (χ2n) is 2.29. The second-order valence-corrected chi connectivity index (χ2v) is 2.69. The zero-order chi connectivity index (χ0) is 8.43. The molecule has 1 heterocycles. The van der Waals surface area contributed by atoms with Gasteiger partial charge in [0.15, 0.2) is 0 Å². The van der Waals surface area contributed by atoms with Gasteiger partial charge in [0.1, 0.15) is 0 Å². The van der Waals surface area contributed by atoms with Crippen LogP contribution in [-0.2, 0) is 0 Å². The van der Waals surface area contributed by atoms with Crippen LogP contribution in [0, 0.1) is 5.95 Å². The molecule has 0 aromatic carbocycles. The van der Waals surface area contributed by atoms with Gasteiger partial charge < -0.3 is 5.73 Å². The largest absolute Gasteiger partial charge is 0.324 e. The minimum Gasteiger partial charge on any atom is -0.324 e. The van der Waals surface area contributed by atoms with Crippen LogP contribution in [0.5, 0.6) is 0 Å². The Bertz CT molecular complexity index is 245. The Kier molecular flexibility index (Phi) is 4.45. The molecule has 0 aliphatic rings. The highest BCUT2D eigenvalue weighted by atomic mass is 35.5. The molecule has 1 aromatic heterocycles. The predicted octanol–water partition coefficient (Wildman–Crippen LogP) is 2.32. The molecule has 0 spiro atoms. The zero-order valence-electron chi connectivity index (χ0n) is 6.42. The third kappa shape index (κ3) is 2.30. The first-order valence-corrected chi connectivity index (χ1v) is 3.56. The average Bonchev–Trinajstić information content (AvgIpc) is 1.85. The molecule has 0 radical (unpaired) electrons. The maximum atomic E-state index is 12.8. The van der Waals surface area contributed by atoms with Gasteiger partial charge in [0.25, 0.3) is 0 Å². The summed E-state index contributed by atoms with van der Waals surface area (Å²) in [6.07, 6.45) is 1.31. The zero-order valence-corrected chi connectivity index (χ0v) is 7.99. The van der Waals surface area contributed by atoms with Gasteiger partial charge in [-0.2, -0.15) is 4.39 Å². The maximum Gasteiger partial charge on any atom is 0.219 e. The number of rotatable bonds is 1. The molecule has 0 aliphatic heterocycles. The van der Waals surface area contributed by atoms with Crippen LogP contribution in [0.2, 0.25) is 5.02 Å². The van der Waals surface area contributed by atoms with Gasteiger partial charge >= 0.3 is 0 Å². The van der Waals surface area contributed by atoms with Crippen LogP contribution < -0.4 is 5.73 Å². The van der Waals surface area contributed by atoms with Gasteiger partial charge in [-0.05, 0) is 13.0 Å². The molecule has 1 unspecified atom stereocenters. The van der Waals surface area contributed by atoms with Gasteiger partial charge in [-0.15, -0.1) is 12.4 Å². The van der Waals surface area contributed by atoms with E-state index in [0.717, 1.165) is 0 Å². The van der Waals surface area contributed by atoms with Gasteiger partial charge in [0.05, 0.1) is 5.02 Å². The van der Waals surface area contributed by atoms with Crippen molar-refractivity contribution in [3.63, 3.8) is 0 Å². The molecular formula is C7H9Cl2FN2. The van der Waals surface area contributed by atoms with E-state index in [-0.39, 0.29) is 18.0 Å². The van der Waals surface area contributed by atoms with E-state index >= 15 is 0 Å². The van der Waals surface area contributed by atoms with E-state index in [2.05, 4.69) is 4.98 Å². The minimum atomic E-state index is -0.590. The fraction of sp³-hybridized carbons (Fsp3) is 0.286.